The molecule has 1 aromatic heterocycles. The number of aromatic nitrogens is 1. The van der Waals surface area contributed by atoms with Crippen molar-refractivity contribution in [2.24, 2.45) is 10.9 Å². The van der Waals surface area contributed by atoms with Gasteiger partial charge in [-0.05, 0) is 40.2 Å². The van der Waals surface area contributed by atoms with E-state index in [0.717, 1.165) is 12.1 Å². The molecule has 0 atom stereocenters. The van der Waals surface area contributed by atoms with Gasteiger partial charge in [0.1, 0.15) is 17.3 Å². The van der Waals surface area contributed by atoms with E-state index in [0.29, 0.717) is 16.4 Å². The summed E-state index contributed by atoms with van der Waals surface area (Å²) in [6.45, 7) is -0.559. The van der Waals surface area contributed by atoms with Crippen LogP contribution in [0.5, 0.6) is 5.88 Å². The molecule has 1 heterocycles. The normalized spacial score (nSPS) is 11.2. The largest absolute Gasteiger partial charge is 0.480 e. The third-order valence-electron chi connectivity index (χ3n) is 2.86. The van der Waals surface area contributed by atoms with Gasteiger partial charge in [-0.3, -0.25) is 4.79 Å². The molecule has 0 aliphatic heterocycles. The number of carbonyl (C=O) groups excluding carboxylic acids is 1. The third-order valence-corrected chi connectivity index (χ3v) is 3.46. The second kappa shape index (κ2) is 7.82. The monoisotopic (exact) mass is 399 g/mol. The van der Waals surface area contributed by atoms with E-state index >= 15 is 0 Å². The highest BCUT2D eigenvalue weighted by Gasteiger charge is 2.13. The summed E-state index contributed by atoms with van der Waals surface area (Å²) in [6.07, 6.45) is 0. The second-order valence-electron chi connectivity index (χ2n) is 4.48. The van der Waals surface area contributed by atoms with Crippen LogP contribution in [-0.4, -0.2) is 30.3 Å². The van der Waals surface area contributed by atoms with Crippen molar-refractivity contribution in [2.45, 2.75) is 0 Å². The summed E-state index contributed by atoms with van der Waals surface area (Å²) in [5.74, 6) is -2.24. The molecule has 0 radical (unpaired) electrons. The summed E-state index contributed by atoms with van der Waals surface area (Å²) in [6, 6.07) is 5.85. The van der Waals surface area contributed by atoms with E-state index in [9.17, 15) is 13.6 Å². The van der Waals surface area contributed by atoms with Gasteiger partial charge in [-0.2, -0.15) is 0 Å². The van der Waals surface area contributed by atoms with Gasteiger partial charge in [-0.1, -0.05) is 5.16 Å². The average molecular weight is 400 g/mol. The van der Waals surface area contributed by atoms with Crippen molar-refractivity contribution in [3.8, 4) is 5.88 Å². The molecule has 0 bridgehead atoms. The molecule has 0 spiro atoms. The Morgan fingerprint density at radius 1 is 1.33 bits per heavy atom. The molecule has 6 nitrogen and oxygen atoms in total. The van der Waals surface area contributed by atoms with Gasteiger partial charge in [0.05, 0.1) is 17.1 Å². The van der Waals surface area contributed by atoms with Gasteiger partial charge in [0, 0.05) is 6.07 Å². The number of Topliss-reactive ketones (excluding diaryl/α,β-unsaturated/α-hetero) is 1. The van der Waals surface area contributed by atoms with Crippen molar-refractivity contribution in [1.29, 1.82) is 0 Å². The Hall–Kier alpha value is -2.55. The van der Waals surface area contributed by atoms with Gasteiger partial charge in [-0.15, -0.1) is 0 Å². The molecule has 126 valence electrons. The number of pyridine rings is 1. The molecule has 2 N–H and O–H groups in total. The first-order chi connectivity index (χ1) is 11.4. The minimum Gasteiger partial charge on any atom is -0.480 e. The fourth-order valence-corrected chi connectivity index (χ4v) is 2.09. The van der Waals surface area contributed by atoms with Crippen molar-refractivity contribution in [3.05, 3.63) is 57.7 Å². The highest BCUT2D eigenvalue weighted by molar-refractivity contribution is 9.10. The molecule has 2 rings (SSSR count). The maximum absolute atomic E-state index is 13.5. The number of carbonyl (C=O) groups is 1. The Kier molecular flexibility index (Phi) is 5.80. The van der Waals surface area contributed by atoms with Crippen molar-refractivity contribution in [3.63, 3.8) is 0 Å². The fourth-order valence-electron chi connectivity index (χ4n) is 1.71. The zero-order valence-electron chi connectivity index (χ0n) is 12.4. The van der Waals surface area contributed by atoms with Crippen LogP contribution in [0, 0.1) is 11.6 Å². The van der Waals surface area contributed by atoms with E-state index < -0.39 is 24.0 Å². The lowest BCUT2D eigenvalue weighted by Crippen LogP contribution is -2.17. The Labute approximate surface area is 144 Å². The molecule has 0 aliphatic rings. The third kappa shape index (κ3) is 4.25. The molecular weight excluding hydrogens is 388 g/mol. The number of ether oxygens (including phenoxy) is 1. The van der Waals surface area contributed by atoms with Crippen LogP contribution < -0.4 is 10.5 Å². The average Bonchev–Trinajstić information content (AvgIpc) is 2.54. The van der Waals surface area contributed by atoms with E-state index in [1.165, 1.54) is 7.11 Å². The van der Waals surface area contributed by atoms with Crippen LogP contribution in [0.2, 0.25) is 0 Å². The summed E-state index contributed by atoms with van der Waals surface area (Å²) in [5.41, 5.74) is 5.68. The summed E-state index contributed by atoms with van der Waals surface area (Å²) in [5, 5.41) is 3.56. The van der Waals surface area contributed by atoms with Crippen LogP contribution in [0.1, 0.15) is 16.1 Å². The molecule has 0 amide bonds. The van der Waals surface area contributed by atoms with Crippen molar-refractivity contribution < 1.29 is 23.1 Å². The first-order valence-electron chi connectivity index (χ1n) is 6.57. The number of benzene rings is 1. The standard InChI is InChI=1S/C15H12BrF2N3O3/c1-23-15-10(16)4-5-12(20-15)14(19)21-24-7-13(22)9-3-2-8(17)6-11(9)18/h2-6H,7H2,1H3,(H2,19,21). The molecule has 9 heteroatoms. The topological polar surface area (TPSA) is 86.8 Å². The minimum absolute atomic E-state index is 0.0896. The van der Waals surface area contributed by atoms with Crippen LogP contribution in [0.4, 0.5) is 8.78 Å². The SMILES string of the molecule is COc1nc(/C(N)=N/OCC(=O)c2ccc(F)cc2F)ccc1Br. The van der Waals surface area contributed by atoms with Gasteiger partial charge in [0.25, 0.3) is 0 Å². The maximum Gasteiger partial charge on any atom is 0.228 e. The van der Waals surface area contributed by atoms with Gasteiger partial charge in [0.15, 0.2) is 12.4 Å². The Morgan fingerprint density at radius 3 is 2.75 bits per heavy atom. The predicted molar refractivity (Wildman–Crippen MR) is 85.9 cm³/mol. The molecule has 0 saturated carbocycles. The lowest BCUT2D eigenvalue weighted by Gasteiger charge is -2.05. The molecule has 2 aromatic rings. The zero-order chi connectivity index (χ0) is 17.7. The minimum atomic E-state index is -0.972. The Bertz CT molecular complexity index is 800. The van der Waals surface area contributed by atoms with Crippen LogP contribution in [0.25, 0.3) is 0 Å². The number of oxime groups is 1. The van der Waals surface area contributed by atoms with E-state index in [-0.39, 0.29) is 17.1 Å². The summed E-state index contributed by atoms with van der Waals surface area (Å²) < 4.78 is 31.9. The first kappa shape index (κ1) is 17.8. The number of nitrogens with two attached hydrogens (primary N) is 1. The van der Waals surface area contributed by atoms with Crippen molar-refractivity contribution in [2.75, 3.05) is 13.7 Å². The predicted octanol–water partition coefficient (Wildman–Crippen LogP) is 2.65. The van der Waals surface area contributed by atoms with Gasteiger partial charge in [0.2, 0.25) is 11.7 Å². The number of methoxy groups -OCH3 is 1. The van der Waals surface area contributed by atoms with Crippen molar-refractivity contribution in [1.82, 2.24) is 4.98 Å². The zero-order valence-corrected chi connectivity index (χ0v) is 14.0. The number of nitrogens with zero attached hydrogens (tertiary/aromatic N) is 2. The number of halogens is 3. The number of hydrogen-bond donors (Lipinski definition) is 1. The Balaban J connectivity index is 2.04. The number of amidine groups is 1. The second-order valence-corrected chi connectivity index (χ2v) is 5.34. The number of ketones is 1. The first-order valence-corrected chi connectivity index (χ1v) is 7.36. The number of rotatable bonds is 6. The summed E-state index contributed by atoms with van der Waals surface area (Å²) in [7, 11) is 1.44. The maximum atomic E-state index is 13.5. The van der Waals surface area contributed by atoms with Gasteiger partial charge < -0.3 is 15.3 Å². The summed E-state index contributed by atoms with van der Waals surface area (Å²) >= 11 is 3.24. The molecule has 0 saturated heterocycles. The van der Waals surface area contributed by atoms with E-state index in [1.807, 2.05) is 0 Å². The van der Waals surface area contributed by atoms with E-state index in [4.69, 9.17) is 15.3 Å². The van der Waals surface area contributed by atoms with E-state index in [2.05, 4.69) is 26.1 Å². The Morgan fingerprint density at radius 2 is 2.08 bits per heavy atom. The van der Waals surface area contributed by atoms with Crippen LogP contribution in [0.3, 0.4) is 0 Å². The van der Waals surface area contributed by atoms with Crippen molar-refractivity contribution >= 4 is 27.5 Å². The lowest BCUT2D eigenvalue weighted by molar-refractivity contribution is 0.0771. The highest BCUT2D eigenvalue weighted by Crippen LogP contribution is 2.21. The lowest BCUT2D eigenvalue weighted by atomic mass is 10.1. The fraction of sp³-hybridized carbons (Fsp3) is 0.133. The molecular formula is C15H12BrF2N3O3. The highest BCUT2D eigenvalue weighted by atomic mass is 79.9. The van der Waals surface area contributed by atoms with Gasteiger partial charge >= 0.3 is 0 Å². The molecule has 24 heavy (non-hydrogen) atoms. The molecule has 0 unspecified atom stereocenters. The molecule has 1 aromatic carbocycles. The van der Waals surface area contributed by atoms with Gasteiger partial charge in [-0.25, -0.2) is 13.8 Å². The summed E-state index contributed by atoms with van der Waals surface area (Å²) in [4.78, 5) is 20.7. The van der Waals surface area contributed by atoms with E-state index in [1.54, 1.807) is 12.1 Å². The van der Waals surface area contributed by atoms with Crippen LogP contribution in [0.15, 0.2) is 40.0 Å². The van der Waals surface area contributed by atoms with Crippen LogP contribution >= 0.6 is 15.9 Å². The molecule has 0 fully saturated rings. The molecule has 0 aliphatic carbocycles. The van der Waals surface area contributed by atoms with Crippen LogP contribution in [-0.2, 0) is 4.84 Å². The quantitative estimate of drug-likeness (QED) is 0.349. The number of hydrogen-bond acceptors (Lipinski definition) is 5. The smallest absolute Gasteiger partial charge is 0.228 e.